The van der Waals surface area contributed by atoms with Crippen LogP contribution >= 0.6 is 34.5 Å². The van der Waals surface area contributed by atoms with Gasteiger partial charge >= 0.3 is 0 Å². The molecule has 25 heavy (non-hydrogen) atoms. The first-order valence-electron chi connectivity index (χ1n) is 7.79. The van der Waals surface area contributed by atoms with Crippen LogP contribution in [0, 0.1) is 6.92 Å². The third kappa shape index (κ3) is 4.21. The minimum atomic E-state index is -0.0309. The summed E-state index contributed by atoms with van der Waals surface area (Å²) in [7, 11) is 0. The fraction of sp³-hybridized carbons (Fsp3) is 0.158. The molecule has 0 N–H and O–H groups in total. The summed E-state index contributed by atoms with van der Waals surface area (Å²) >= 11 is 13.7. The highest BCUT2D eigenvalue weighted by atomic mass is 35.5. The number of anilines is 2. The summed E-state index contributed by atoms with van der Waals surface area (Å²) in [5.74, 6) is -0.0309. The predicted octanol–water partition coefficient (Wildman–Crippen LogP) is 6.06. The number of carbonyl (C=O) groups is 1. The van der Waals surface area contributed by atoms with Gasteiger partial charge in [0.25, 0.3) is 0 Å². The Hall–Kier alpha value is -1.88. The van der Waals surface area contributed by atoms with E-state index < -0.39 is 0 Å². The molecule has 6 heteroatoms. The lowest BCUT2D eigenvalue weighted by Gasteiger charge is -2.20. The van der Waals surface area contributed by atoms with Crippen LogP contribution in [0.5, 0.6) is 0 Å². The summed E-state index contributed by atoms with van der Waals surface area (Å²) in [4.78, 5) is 19.1. The maximum atomic E-state index is 12.9. The molecule has 2 aromatic carbocycles. The van der Waals surface area contributed by atoms with Crippen molar-refractivity contribution in [1.82, 2.24) is 4.98 Å². The topological polar surface area (TPSA) is 33.2 Å². The van der Waals surface area contributed by atoms with Gasteiger partial charge in [0.1, 0.15) is 0 Å². The summed E-state index contributed by atoms with van der Waals surface area (Å²) in [6.45, 7) is 1.92. The van der Waals surface area contributed by atoms with Crippen molar-refractivity contribution >= 4 is 51.3 Å². The van der Waals surface area contributed by atoms with Gasteiger partial charge in [-0.1, -0.05) is 53.5 Å². The van der Waals surface area contributed by atoms with Gasteiger partial charge in [-0.05, 0) is 37.1 Å². The highest BCUT2D eigenvalue weighted by Crippen LogP contribution is 2.31. The van der Waals surface area contributed by atoms with E-state index in [2.05, 4.69) is 4.98 Å². The lowest BCUT2D eigenvalue weighted by Crippen LogP contribution is -2.26. The lowest BCUT2D eigenvalue weighted by molar-refractivity contribution is -0.117. The number of rotatable bonds is 5. The van der Waals surface area contributed by atoms with Gasteiger partial charge in [-0.2, -0.15) is 0 Å². The van der Waals surface area contributed by atoms with Gasteiger partial charge in [0.05, 0.1) is 21.4 Å². The van der Waals surface area contributed by atoms with Gasteiger partial charge in [0.2, 0.25) is 5.91 Å². The van der Waals surface area contributed by atoms with Crippen LogP contribution in [-0.2, 0) is 11.2 Å². The van der Waals surface area contributed by atoms with Gasteiger partial charge in [-0.3, -0.25) is 9.69 Å². The minimum absolute atomic E-state index is 0.0309. The van der Waals surface area contributed by atoms with E-state index in [0.29, 0.717) is 28.0 Å². The van der Waals surface area contributed by atoms with E-state index in [0.717, 1.165) is 16.9 Å². The zero-order valence-corrected chi connectivity index (χ0v) is 15.9. The molecule has 3 rings (SSSR count). The molecule has 1 aromatic heterocycles. The molecular formula is C19H16Cl2N2OS. The Morgan fingerprint density at radius 1 is 1.12 bits per heavy atom. The van der Waals surface area contributed by atoms with E-state index in [-0.39, 0.29) is 5.91 Å². The van der Waals surface area contributed by atoms with Gasteiger partial charge in [-0.25, -0.2) is 4.98 Å². The lowest BCUT2D eigenvalue weighted by atomic mass is 10.1. The van der Waals surface area contributed by atoms with Gasteiger partial charge in [0.15, 0.2) is 5.13 Å². The van der Waals surface area contributed by atoms with Crippen molar-refractivity contribution in [2.45, 2.75) is 19.8 Å². The number of aryl methyl sites for hydroxylation is 2. The third-order valence-corrected chi connectivity index (χ3v) is 5.50. The molecule has 0 atom stereocenters. The second-order valence-electron chi connectivity index (χ2n) is 5.55. The molecule has 0 aliphatic rings. The van der Waals surface area contributed by atoms with Crippen LogP contribution in [0.1, 0.15) is 17.7 Å². The Labute approximate surface area is 160 Å². The molecule has 0 spiro atoms. The number of para-hydroxylation sites is 1. The molecular weight excluding hydrogens is 375 g/mol. The number of hydrogen-bond donors (Lipinski definition) is 0. The van der Waals surface area contributed by atoms with Gasteiger partial charge in [0, 0.05) is 11.8 Å². The van der Waals surface area contributed by atoms with Crippen LogP contribution < -0.4 is 4.90 Å². The Kier molecular flexibility index (Phi) is 5.74. The number of amides is 1. The van der Waals surface area contributed by atoms with E-state index >= 15 is 0 Å². The predicted molar refractivity (Wildman–Crippen MR) is 105 cm³/mol. The van der Waals surface area contributed by atoms with Gasteiger partial charge in [-0.15, -0.1) is 11.3 Å². The summed E-state index contributed by atoms with van der Waals surface area (Å²) in [6, 6.07) is 15.0. The zero-order valence-electron chi connectivity index (χ0n) is 13.6. The van der Waals surface area contributed by atoms with Gasteiger partial charge < -0.3 is 0 Å². The average molecular weight is 391 g/mol. The molecule has 3 aromatic rings. The summed E-state index contributed by atoms with van der Waals surface area (Å²) in [6.07, 6.45) is 0.833. The molecule has 1 amide bonds. The van der Waals surface area contributed by atoms with Crippen LogP contribution in [0.4, 0.5) is 10.8 Å². The Balaban J connectivity index is 1.84. The number of carbonyl (C=O) groups excluding carboxylic acids is 1. The maximum Gasteiger partial charge on any atom is 0.233 e. The van der Waals surface area contributed by atoms with Crippen LogP contribution in [0.3, 0.4) is 0 Å². The van der Waals surface area contributed by atoms with E-state index in [1.54, 1.807) is 11.0 Å². The molecule has 0 aliphatic heterocycles. The van der Waals surface area contributed by atoms with Crippen molar-refractivity contribution in [2.24, 2.45) is 0 Å². The number of nitrogens with zero attached hydrogens (tertiary/aromatic N) is 2. The number of aromatic nitrogens is 1. The SMILES string of the molecule is Cc1csc(N(C(=O)CCc2cccc(Cl)c2Cl)c2ccccc2)n1. The summed E-state index contributed by atoms with van der Waals surface area (Å²) < 4.78 is 0. The molecule has 0 aliphatic carbocycles. The highest BCUT2D eigenvalue weighted by Gasteiger charge is 2.21. The quantitative estimate of drug-likeness (QED) is 0.530. The molecule has 0 saturated carbocycles. The second-order valence-corrected chi connectivity index (χ2v) is 7.17. The molecule has 0 fully saturated rings. The van der Waals surface area contributed by atoms with Crippen LogP contribution in [0.2, 0.25) is 10.0 Å². The first kappa shape index (κ1) is 17.9. The maximum absolute atomic E-state index is 12.9. The molecule has 0 unspecified atom stereocenters. The van der Waals surface area contributed by atoms with Crippen LogP contribution in [0.25, 0.3) is 0 Å². The second kappa shape index (κ2) is 8.00. The zero-order chi connectivity index (χ0) is 17.8. The van der Waals surface area contributed by atoms with E-state index in [4.69, 9.17) is 23.2 Å². The normalized spacial score (nSPS) is 10.7. The number of thiazole rings is 1. The number of benzene rings is 2. The average Bonchev–Trinajstić information content (AvgIpc) is 3.03. The Morgan fingerprint density at radius 2 is 1.88 bits per heavy atom. The molecule has 0 radical (unpaired) electrons. The smallest absolute Gasteiger partial charge is 0.233 e. The minimum Gasteiger partial charge on any atom is -0.274 e. The van der Waals surface area contributed by atoms with Crippen molar-refractivity contribution in [1.29, 1.82) is 0 Å². The van der Waals surface area contributed by atoms with Crippen LogP contribution in [0.15, 0.2) is 53.9 Å². The molecule has 0 saturated heterocycles. The van der Waals surface area contributed by atoms with Crippen molar-refractivity contribution in [3.63, 3.8) is 0 Å². The first-order valence-corrected chi connectivity index (χ1v) is 9.43. The molecule has 0 bridgehead atoms. The molecule has 1 heterocycles. The van der Waals surface area contributed by atoms with Crippen molar-refractivity contribution in [2.75, 3.05) is 4.90 Å². The highest BCUT2D eigenvalue weighted by molar-refractivity contribution is 7.14. The van der Waals surface area contributed by atoms with E-state index in [1.165, 1.54) is 11.3 Å². The summed E-state index contributed by atoms with van der Waals surface area (Å²) in [5.41, 5.74) is 2.57. The van der Waals surface area contributed by atoms with Crippen molar-refractivity contribution < 1.29 is 4.79 Å². The van der Waals surface area contributed by atoms with Crippen molar-refractivity contribution in [3.05, 3.63) is 75.2 Å². The van der Waals surface area contributed by atoms with Crippen LogP contribution in [-0.4, -0.2) is 10.9 Å². The van der Waals surface area contributed by atoms with E-state index in [1.807, 2.05) is 54.8 Å². The molecule has 3 nitrogen and oxygen atoms in total. The monoisotopic (exact) mass is 390 g/mol. The largest absolute Gasteiger partial charge is 0.274 e. The summed E-state index contributed by atoms with van der Waals surface area (Å²) in [5, 5.41) is 3.62. The molecule has 128 valence electrons. The fourth-order valence-electron chi connectivity index (χ4n) is 2.48. The Morgan fingerprint density at radius 3 is 2.56 bits per heavy atom. The fourth-order valence-corrected chi connectivity index (χ4v) is 3.73. The number of hydrogen-bond acceptors (Lipinski definition) is 3. The Bertz CT molecular complexity index is 880. The third-order valence-electron chi connectivity index (χ3n) is 3.70. The first-order chi connectivity index (χ1) is 12.1. The standard InChI is InChI=1S/C19H16Cl2N2OS/c1-13-12-25-19(22-13)23(15-7-3-2-4-8-15)17(24)11-10-14-6-5-9-16(20)18(14)21/h2-9,12H,10-11H2,1H3. The van der Waals surface area contributed by atoms with Crippen molar-refractivity contribution in [3.8, 4) is 0 Å². The number of halogens is 2. The van der Waals surface area contributed by atoms with E-state index in [9.17, 15) is 4.79 Å².